The van der Waals surface area contributed by atoms with E-state index in [0.717, 1.165) is 12.8 Å². The molecule has 16 heavy (non-hydrogen) atoms. The second-order valence-corrected chi connectivity index (χ2v) is 4.74. The highest BCUT2D eigenvalue weighted by Crippen LogP contribution is 2.30. The van der Waals surface area contributed by atoms with Gasteiger partial charge >= 0.3 is 0 Å². The van der Waals surface area contributed by atoms with Crippen molar-refractivity contribution in [2.45, 2.75) is 44.1 Å². The second kappa shape index (κ2) is 4.82. The van der Waals surface area contributed by atoms with Gasteiger partial charge in [-0.1, -0.05) is 19.3 Å². The Balaban J connectivity index is 2.14. The molecule has 1 fully saturated rings. The quantitative estimate of drug-likeness (QED) is 0.771. The number of nitrogens with two attached hydrogens (primary N) is 1. The van der Waals surface area contributed by atoms with Crippen LogP contribution in [0.5, 0.6) is 0 Å². The fourth-order valence-electron chi connectivity index (χ4n) is 2.20. The first-order chi connectivity index (χ1) is 7.68. The van der Waals surface area contributed by atoms with Crippen LogP contribution in [0.2, 0.25) is 0 Å². The van der Waals surface area contributed by atoms with Gasteiger partial charge in [-0.3, -0.25) is 0 Å². The molecule has 1 heterocycles. The Kier molecular flexibility index (Phi) is 3.43. The van der Waals surface area contributed by atoms with Gasteiger partial charge in [0, 0.05) is 20.1 Å². The maximum absolute atomic E-state index is 6.15. The minimum atomic E-state index is 0.165. The molecular weight excluding hydrogens is 204 g/mol. The number of hydrogen-bond acceptors (Lipinski definition) is 5. The van der Waals surface area contributed by atoms with E-state index < -0.39 is 0 Å². The van der Waals surface area contributed by atoms with Crippen LogP contribution in [0.1, 0.15) is 43.9 Å². The zero-order chi connectivity index (χ0) is 11.5. The number of rotatable bonds is 2. The van der Waals surface area contributed by atoms with E-state index in [0.29, 0.717) is 11.8 Å². The molecule has 1 saturated carbocycles. The third-order valence-corrected chi connectivity index (χ3v) is 3.22. The van der Waals surface area contributed by atoms with E-state index in [1.54, 1.807) is 0 Å². The molecule has 0 radical (unpaired) electrons. The standard InChI is InChI=1S/C11H20N4O/c1-15(2)11-13-10(16-14-11)8-6-4-3-5-7-9(8)12/h8-9H,3-7,12H2,1-2H3. The molecule has 0 aliphatic heterocycles. The van der Waals surface area contributed by atoms with Crippen LogP contribution >= 0.6 is 0 Å². The maximum Gasteiger partial charge on any atom is 0.265 e. The molecule has 2 atom stereocenters. The summed E-state index contributed by atoms with van der Waals surface area (Å²) in [7, 11) is 3.81. The Bertz CT molecular complexity index is 336. The molecule has 0 amide bonds. The molecule has 2 unspecified atom stereocenters. The van der Waals surface area contributed by atoms with Crippen LogP contribution in [-0.4, -0.2) is 30.3 Å². The topological polar surface area (TPSA) is 68.2 Å². The lowest BCUT2D eigenvalue weighted by atomic mass is 9.95. The summed E-state index contributed by atoms with van der Waals surface area (Å²) in [5.74, 6) is 1.58. The molecule has 0 aromatic carbocycles. The lowest BCUT2D eigenvalue weighted by Gasteiger charge is -2.16. The van der Waals surface area contributed by atoms with Gasteiger partial charge in [0.15, 0.2) is 0 Å². The largest absolute Gasteiger partial charge is 0.344 e. The molecule has 5 nitrogen and oxygen atoms in total. The molecule has 0 bridgehead atoms. The Morgan fingerprint density at radius 1 is 1.25 bits per heavy atom. The van der Waals surface area contributed by atoms with Crippen LogP contribution < -0.4 is 10.6 Å². The van der Waals surface area contributed by atoms with E-state index in [1.165, 1.54) is 19.3 Å². The highest BCUT2D eigenvalue weighted by Gasteiger charge is 2.27. The molecule has 0 saturated heterocycles. The van der Waals surface area contributed by atoms with Crippen molar-refractivity contribution in [2.75, 3.05) is 19.0 Å². The lowest BCUT2D eigenvalue weighted by molar-refractivity contribution is 0.325. The number of hydrogen-bond donors (Lipinski definition) is 1. The first-order valence-electron chi connectivity index (χ1n) is 5.95. The van der Waals surface area contributed by atoms with Crippen molar-refractivity contribution in [1.82, 2.24) is 10.1 Å². The van der Waals surface area contributed by atoms with Crippen LogP contribution in [-0.2, 0) is 0 Å². The highest BCUT2D eigenvalue weighted by atomic mass is 16.5. The molecule has 0 spiro atoms. The molecule has 5 heteroatoms. The number of aromatic nitrogens is 2. The first kappa shape index (κ1) is 11.4. The van der Waals surface area contributed by atoms with Crippen LogP contribution in [0, 0.1) is 0 Å². The van der Waals surface area contributed by atoms with Gasteiger partial charge in [-0.25, -0.2) is 0 Å². The minimum Gasteiger partial charge on any atom is -0.344 e. The van der Waals surface area contributed by atoms with Crippen molar-refractivity contribution < 1.29 is 4.52 Å². The summed E-state index contributed by atoms with van der Waals surface area (Å²) in [5, 5.41) is 3.94. The molecule has 1 aliphatic carbocycles. The Hall–Kier alpha value is -1.10. The Morgan fingerprint density at radius 2 is 2.00 bits per heavy atom. The summed E-state index contributed by atoms with van der Waals surface area (Å²) in [4.78, 5) is 6.24. The fourth-order valence-corrected chi connectivity index (χ4v) is 2.20. The van der Waals surface area contributed by atoms with Gasteiger partial charge in [-0.2, -0.15) is 4.98 Å². The predicted octanol–water partition coefficient (Wildman–Crippen LogP) is 1.51. The fraction of sp³-hybridized carbons (Fsp3) is 0.818. The third kappa shape index (κ3) is 2.35. The van der Waals surface area contributed by atoms with Gasteiger partial charge in [0.05, 0.1) is 5.92 Å². The van der Waals surface area contributed by atoms with E-state index >= 15 is 0 Å². The summed E-state index contributed by atoms with van der Waals surface area (Å²) in [5.41, 5.74) is 6.15. The molecule has 1 aromatic heterocycles. The van der Waals surface area contributed by atoms with E-state index in [4.69, 9.17) is 10.3 Å². The van der Waals surface area contributed by atoms with Crippen LogP contribution in [0.25, 0.3) is 0 Å². The highest BCUT2D eigenvalue weighted by molar-refractivity contribution is 5.24. The summed E-state index contributed by atoms with van der Waals surface area (Å²) < 4.78 is 5.31. The minimum absolute atomic E-state index is 0.165. The molecular formula is C11H20N4O. The van der Waals surface area contributed by atoms with Gasteiger partial charge in [0.2, 0.25) is 5.89 Å². The van der Waals surface area contributed by atoms with Crippen molar-refractivity contribution >= 4 is 5.95 Å². The average Bonchev–Trinajstić information content (AvgIpc) is 2.63. The third-order valence-electron chi connectivity index (χ3n) is 3.22. The van der Waals surface area contributed by atoms with Gasteiger partial charge in [-0.05, 0) is 18.0 Å². The van der Waals surface area contributed by atoms with E-state index in [-0.39, 0.29) is 12.0 Å². The van der Waals surface area contributed by atoms with E-state index in [9.17, 15) is 0 Å². The molecule has 90 valence electrons. The Morgan fingerprint density at radius 3 is 2.69 bits per heavy atom. The van der Waals surface area contributed by atoms with E-state index in [1.807, 2.05) is 19.0 Å². The van der Waals surface area contributed by atoms with E-state index in [2.05, 4.69) is 10.1 Å². The lowest BCUT2D eigenvalue weighted by Crippen LogP contribution is -2.27. The number of anilines is 1. The molecule has 2 N–H and O–H groups in total. The Labute approximate surface area is 96.0 Å². The van der Waals surface area contributed by atoms with Crippen molar-refractivity contribution in [3.8, 4) is 0 Å². The number of nitrogens with zero attached hydrogens (tertiary/aromatic N) is 3. The van der Waals surface area contributed by atoms with Crippen molar-refractivity contribution in [3.05, 3.63) is 5.89 Å². The van der Waals surface area contributed by atoms with Gasteiger partial charge in [-0.15, -0.1) is 0 Å². The summed E-state index contributed by atoms with van der Waals surface area (Å²) in [6, 6.07) is 0.165. The smallest absolute Gasteiger partial charge is 0.265 e. The first-order valence-corrected chi connectivity index (χ1v) is 5.95. The molecule has 1 aromatic rings. The predicted molar refractivity (Wildman–Crippen MR) is 62.4 cm³/mol. The zero-order valence-corrected chi connectivity index (χ0v) is 10.0. The monoisotopic (exact) mass is 224 g/mol. The van der Waals surface area contributed by atoms with Gasteiger partial charge < -0.3 is 15.2 Å². The summed E-state index contributed by atoms with van der Waals surface area (Å²) in [6.45, 7) is 0. The molecule has 2 rings (SSSR count). The van der Waals surface area contributed by atoms with Crippen molar-refractivity contribution in [1.29, 1.82) is 0 Å². The zero-order valence-electron chi connectivity index (χ0n) is 10.0. The molecule has 1 aliphatic rings. The normalized spacial score (nSPS) is 26.4. The van der Waals surface area contributed by atoms with Crippen LogP contribution in [0.3, 0.4) is 0 Å². The average molecular weight is 224 g/mol. The van der Waals surface area contributed by atoms with Gasteiger partial charge in [0.25, 0.3) is 5.95 Å². The van der Waals surface area contributed by atoms with Crippen molar-refractivity contribution in [2.24, 2.45) is 5.73 Å². The van der Waals surface area contributed by atoms with Crippen LogP contribution in [0.4, 0.5) is 5.95 Å². The second-order valence-electron chi connectivity index (χ2n) is 4.74. The summed E-state index contributed by atoms with van der Waals surface area (Å²) >= 11 is 0. The van der Waals surface area contributed by atoms with Gasteiger partial charge in [0.1, 0.15) is 0 Å². The SMILES string of the molecule is CN(C)c1noc(C2CCCCCC2N)n1. The van der Waals surface area contributed by atoms with Crippen LogP contribution in [0.15, 0.2) is 4.52 Å². The summed E-state index contributed by atoms with van der Waals surface area (Å²) in [6.07, 6.45) is 5.81. The van der Waals surface area contributed by atoms with Crippen molar-refractivity contribution in [3.63, 3.8) is 0 Å². The maximum atomic E-state index is 6.15.